The summed E-state index contributed by atoms with van der Waals surface area (Å²) in [6.07, 6.45) is 2.74. The average Bonchev–Trinajstić information content (AvgIpc) is 2.42. The third kappa shape index (κ3) is 4.17. The molecule has 0 aliphatic carbocycles. The Morgan fingerprint density at radius 1 is 1.52 bits per heavy atom. The lowest BCUT2D eigenvalue weighted by atomic mass is 10.0. The first-order valence-corrected chi connectivity index (χ1v) is 7.58. The molecule has 5 heteroatoms. The van der Waals surface area contributed by atoms with Gasteiger partial charge in [-0.2, -0.15) is 0 Å². The Bertz CT molecular complexity index is 485. The normalized spacial score (nSPS) is 21.1. The second kappa shape index (κ2) is 6.43. The number of nitrogens with zero attached hydrogens (tertiary/aromatic N) is 2. The third-order valence-electron chi connectivity index (χ3n) is 3.42. The van der Waals surface area contributed by atoms with E-state index < -0.39 is 0 Å². The first-order valence-electron chi connectivity index (χ1n) is 7.58. The highest BCUT2D eigenvalue weighted by atomic mass is 16.5. The number of aromatic nitrogens is 1. The molecule has 0 aromatic carbocycles. The highest BCUT2D eigenvalue weighted by Crippen LogP contribution is 2.22. The van der Waals surface area contributed by atoms with Crippen LogP contribution in [-0.4, -0.2) is 47.1 Å². The Morgan fingerprint density at radius 2 is 2.29 bits per heavy atom. The molecule has 0 spiro atoms. The molecule has 0 radical (unpaired) electrons. The van der Waals surface area contributed by atoms with Crippen molar-refractivity contribution >= 4 is 11.7 Å². The fourth-order valence-corrected chi connectivity index (χ4v) is 2.67. The number of hydrogen-bond acceptors (Lipinski definition) is 4. The fraction of sp³-hybridized carbons (Fsp3) is 0.625. The minimum atomic E-state index is -0.302. The maximum absolute atomic E-state index is 12.6. The third-order valence-corrected chi connectivity index (χ3v) is 3.42. The van der Waals surface area contributed by atoms with E-state index in [0.29, 0.717) is 18.7 Å². The van der Waals surface area contributed by atoms with Crippen LogP contribution >= 0.6 is 0 Å². The first kappa shape index (κ1) is 15.8. The van der Waals surface area contributed by atoms with Gasteiger partial charge in [0.25, 0.3) is 5.91 Å². The van der Waals surface area contributed by atoms with E-state index in [1.165, 1.54) is 0 Å². The minimum absolute atomic E-state index is 0.0211. The lowest BCUT2D eigenvalue weighted by Gasteiger charge is -2.41. The van der Waals surface area contributed by atoms with Crippen LogP contribution < -0.4 is 5.32 Å². The molecule has 2 heterocycles. The van der Waals surface area contributed by atoms with E-state index in [-0.39, 0.29) is 17.6 Å². The number of hydrogen-bond donors (Lipinski definition) is 1. The molecule has 1 saturated heterocycles. The maximum atomic E-state index is 12.6. The van der Waals surface area contributed by atoms with E-state index in [0.717, 1.165) is 18.8 Å². The van der Waals surface area contributed by atoms with E-state index in [1.807, 2.05) is 37.8 Å². The van der Waals surface area contributed by atoms with E-state index in [4.69, 9.17) is 4.74 Å². The topological polar surface area (TPSA) is 54.5 Å². The lowest BCUT2D eigenvalue weighted by Crippen LogP contribution is -2.53. The van der Waals surface area contributed by atoms with Crippen molar-refractivity contribution < 1.29 is 9.53 Å². The first-order chi connectivity index (χ1) is 9.91. The molecule has 1 aliphatic heterocycles. The smallest absolute Gasteiger partial charge is 0.255 e. The standard InChI is InChI=1S/C16H25N3O2/c1-5-8-17-14-7-6-13(9-18-14)15(20)19-10-12(2)21-16(3,4)11-19/h6-7,9,12H,5,8,10-11H2,1-4H3,(H,17,18). The second-order valence-electron chi connectivity index (χ2n) is 6.23. The number of carbonyl (C=O) groups excluding carboxylic acids is 1. The summed E-state index contributed by atoms with van der Waals surface area (Å²) in [6, 6.07) is 3.69. The summed E-state index contributed by atoms with van der Waals surface area (Å²) < 4.78 is 5.83. The molecule has 2 rings (SSSR count). The molecule has 21 heavy (non-hydrogen) atoms. The van der Waals surface area contributed by atoms with Gasteiger partial charge in [0.2, 0.25) is 0 Å². The Kier molecular flexibility index (Phi) is 4.83. The Morgan fingerprint density at radius 3 is 2.86 bits per heavy atom. The molecule has 1 aliphatic rings. The number of amides is 1. The van der Waals surface area contributed by atoms with Crippen LogP contribution in [-0.2, 0) is 4.74 Å². The Balaban J connectivity index is 2.05. The zero-order valence-electron chi connectivity index (χ0n) is 13.3. The van der Waals surface area contributed by atoms with Gasteiger partial charge in [-0.25, -0.2) is 4.98 Å². The van der Waals surface area contributed by atoms with Gasteiger partial charge in [-0.05, 0) is 39.3 Å². The molecular weight excluding hydrogens is 266 g/mol. The zero-order valence-corrected chi connectivity index (χ0v) is 13.3. The van der Waals surface area contributed by atoms with Crippen molar-refractivity contribution in [3.8, 4) is 0 Å². The fourth-order valence-electron chi connectivity index (χ4n) is 2.67. The largest absolute Gasteiger partial charge is 0.370 e. The highest BCUT2D eigenvalue weighted by molar-refractivity contribution is 5.94. The van der Waals surface area contributed by atoms with Crippen LogP contribution in [0.25, 0.3) is 0 Å². The Hall–Kier alpha value is -1.62. The van der Waals surface area contributed by atoms with Gasteiger partial charge in [-0.15, -0.1) is 0 Å². The number of carbonyl (C=O) groups is 1. The molecule has 5 nitrogen and oxygen atoms in total. The summed E-state index contributed by atoms with van der Waals surface area (Å²) in [5, 5.41) is 3.20. The molecule has 1 aromatic heterocycles. The summed E-state index contributed by atoms with van der Waals surface area (Å²) in [5.41, 5.74) is 0.325. The van der Waals surface area contributed by atoms with Gasteiger partial charge >= 0.3 is 0 Å². The number of ether oxygens (including phenoxy) is 1. The maximum Gasteiger partial charge on any atom is 0.255 e. The van der Waals surface area contributed by atoms with Gasteiger partial charge in [-0.3, -0.25) is 4.79 Å². The van der Waals surface area contributed by atoms with Gasteiger partial charge in [0.1, 0.15) is 5.82 Å². The molecule has 1 amide bonds. The molecule has 1 unspecified atom stereocenters. The average molecular weight is 291 g/mol. The van der Waals surface area contributed by atoms with Crippen molar-refractivity contribution in [2.75, 3.05) is 25.0 Å². The van der Waals surface area contributed by atoms with Crippen LogP contribution in [0.4, 0.5) is 5.82 Å². The van der Waals surface area contributed by atoms with E-state index in [9.17, 15) is 4.79 Å². The summed E-state index contributed by atoms with van der Waals surface area (Å²) in [6.45, 7) is 10.2. The molecule has 0 bridgehead atoms. The number of rotatable bonds is 4. The van der Waals surface area contributed by atoms with Gasteiger partial charge < -0.3 is 15.0 Å². The van der Waals surface area contributed by atoms with E-state index in [1.54, 1.807) is 6.20 Å². The quantitative estimate of drug-likeness (QED) is 0.926. The molecule has 1 atom stereocenters. The van der Waals surface area contributed by atoms with Crippen molar-refractivity contribution in [3.63, 3.8) is 0 Å². The van der Waals surface area contributed by atoms with Crippen LogP contribution in [0.2, 0.25) is 0 Å². The Labute approximate surface area is 126 Å². The van der Waals surface area contributed by atoms with Gasteiger partial charge in [0.05, 0.1) is 17.3 Å². The van der Waals surface area contributed by atoms with Crippen LogP contribution in [0, 0.1) is 0 Å². The van der Waals surface area contributed by atoms with Crippen LogP contribution in [0.1, 0.15) is 44.5 Å². The van der Waals surface area contributed by atoms with Crippen molar-refractivity contribution in [1.29, 1.82) is 0 Å². The minimum Gasteiger partial charge on any atom is -0.370 e. The van der Waals surface area contributed by atoms with Gasteiger partial charge in [0, 0.05) is 25.8 Å². The molecular formula is C16H25N3O2. The van der Waals surface area contributed by atoms with Crippen molar-refractivity contribution in [1.82, 2.24) is 9.88 Å². The van der Waals surface area contributed by atoms with Crippen LogP contribution in [0.5, 0.6) is 0 Å². The number of morpholine rings is 1. The number of anilines is 1. The molecule has 1 aromatic rings. The monoisotopic (exact) mass is 291 g/mol. The SMILES string of the molecule is CCCNc1ccc(C(=O)N2CC(C)OC(C)(C)C2)cn1. The molecule has 1 fully saturated rings. The van der Waals surface area contributed by atoms with Crippen LogP contribution in [0.3, 0.4) is 0 Å². The second-order valence-corrected chi connectivity index (χ2v) is 6.23. The van der Waals surface area contributed by atoms with Crippen molar-refractivity contribution in [2.45, 2.75) is 45.8 Å². The predicted molar refractivity (Wildman–Crippen MR) is 83.5 cm³/mol. The van der Waals surface area contributed by atoms with Crippen LogP contribution in [0.15, 0.2) is 18.3 Å². The number of pyridine rings is 1. The summed E-state index contributed by atoms with van der Waals surface area (Å²) in [7, 11) is 0. The summed E-state index contributed by atoms with van der Waals surface area (Å²) in [4.78, 5) is 18.7. The predicted octanol–water partition coefficient (Wildman–Crippen LogP) is 2.54. The summed E-state index contributed by atoms with van der Waals surface area (Å²) >= 11 is 0. The van der Waals surface area contributed by atoms with Crippen molar-refractivity contribution in [2.24, 2.45) is 0 Å². The van der Waals surface area contributed by atoms with Gasteiger partial charge in [0.15, 0.2) is 0 Å². The van der Waals surface area contributed by atoms with E-state index >= 15 is 0 Å². The van der Waals surface area contributed by atoms with Gasteiger partial charge in [-0.1, -0.05) is 6.92 Å². The number of nitrogens with one attached hydrogen (secondary N) is 1. The van der Waals surface area contributed by atoms with E-state index in [2.05, 4.69) is 17.2 Å². The summed E-state index contributed by atoms with van der Waals surface area (Å²) in [5.74, 6) is 0.830. The lowest BCUT2D eigenvalue weighted by molar-refractivity contribution is -0.118. The molecule has 0 saturated carbocycles. The highest BCUT2D eigenvalue weighted by Gasteiger charge is 2.34. The molecule has 116 valence electrons. The van der Waals surface area contributed by atoms with Crippen molar-refractivity contribution in [3.05, 3.63) is 23.9 Å². The molecule has 1 N–H and O–H groups in total. The zero-order chi connectivity index (χ0) is 15.5.